The van der Waals surface area contributed by atoms with Crippen LogP contribution in [0, 0.1) is 11.8 Å². The van der Waals surface area contributed by atoms with Crippen LogP contribution >= 0.6 is 0 Å². The predicted molar refractivity (Wildman–Crippen MR) is 57.9 cm³/mol. The Balaban J connectivity index is 2.54. The van der Waals surface area contributed by atoms with Crippen LogP contribution in [0.2, 0.25) is 0 Å². The summed E-state index contributed by atoms with van der Waals surface area (Å²) in [5.74, 6) is -0.0967. The van der Waals surface area contributed by atoms with Gasteiger partial charge in [0, 0.05) is 5.92 Å². The number of rotatable bonds is 0. The highest BCUT2D eigenvalue weighted by molar-refractivity contribution is 8.11. The van der Waals surface area contributed by atoms with Crippen LogP contribution in [0.4, 0.5) is 0 Å². The zero-order valence-corrected chi connectivity index (χ0v) is 10.6. The molecule has 1 spiro atoms. The van der Waals surface area contributed by atoms with Gasteiger partial charge in [-0.2, -0.15) is 0 Å². The molecule has 2 rings (SSSR count). The zero-order valence-electron chi connectivity index (χ0n) is 8.93. The van der Waals surface area contributed by atoms with Crippen LogP contribution in [0.15, 0.2) is 0 Å². The zero-order chi connectivity index (χ0) is 11.5. The van der Waals surface area contributed by atoms with E-state index < -0.39 is 23.8 Å². The van der Waals surface area contributed by atoms with Crippen molar-refractivity contribution in [1.82, 2.24) is 0 Å². The average Bonchev–Trinajstić information content (AvgIpc) is 1.99. The van der Waals surface area contributed by atoms with Gasteiger partial charge >= 0.3 is 0 Å². The van der Waals surface area contributed by atoms with E-state index in [0.29, 0.717) is 12.8 Å². The maximum atomic E-state index is 12.0. The Morgan fingerprint density at radius 1 is 1.00 bits per heavy atom. The smallest absolute Gasteiger partial charge is 0.176 e. The van der Waals surface area contributed by atoms with Gasteiger partial charge < -0.3 is 0 Å². The lowest BCUT2D eigenvalue weighted by atomic mass is 9.98. The van der Waals surface area contributed by atoms with Crippen molar-refractivity contribution in [3.63, 3.8) is 0 Å². The van der Waals surface area contributed by atoms with Gasteiger partial charge in [-0.3, -0.25) is 0 Å². The van der Waals surface area contributed by atoms with Gasteiger partial charge in [-0.1, -0.05) is 13.8 Å². The quantitative estimate of drug-likeness (QED) is 0.633. The molecule has 2 aliphatic rings. The van der Waals surface area contributed by atoms with E-state index in [4.69, 9.17) is 0 Å². The Hall–Kier alpha value is -0.100. The van der Waals surface area contributed by atoms with E-state index in [-0.39, 0.29) is 23.3 Å². The number of sulfone groups is 2. The van der Waals surface area contributed by atoms with Crippen LogP contribution in [0.5, 0.6) is 0 Å². The molecular formula is C9H16O4S2. The first kappa shape index (κ1) is 11.4. The molecule has 0 amide bonds. The summed E-state index contributed by atoms with van der Waals surface area (Å²) in [5.41, 5.74) is 0. The molecule has 0 aromatic carbocycles. The van der Waals surface area contributed by atoms with Crippen molar-refractivity contribution in [3.8, 4) is 0 Å². The molecule has 2 aliphatic heterocycles. The van der Waals surface area contributed by atoms with E-state index in [9.17, 15) is 16.8 Å². The van der Waals surface area contributed by atoms with Crippen LogP contribution in [0.3, 0.4) is 0 Å². The van der Waals surface area contributed by atoms with Crippen LogP contribution in [0.25, 0.3) is 0 Å². The van der Waals surface area contributed by atoms with Gasteiger partial charge in [0.25, 0.3) is 0 Å². The predicted octanol–water partition coefficient (Wildman–Crippen LogP) is 0.592. The molecule has 3 atom stereocenters. The van der Waals surface area contributed by atoms with Crippen LogP contribution in [-0.2, 0) is 19.7 Å². The van der Waals surface area contributed by atoms with Gasteiger partial charge in [0.05, 0.1) is 11.5 Å². The van der Waals surface area contributed by atoms with Crippen molar-refractivity contribution in [2.75, 3.05) is 11.5 Å². The van der Waals surface area contributed by atoms with Gasteiger partial charge in [-0.05, 0) is 18.8 Å². The highest BCUT2D eigenvalue weighted by Gasteiger charge is 2.67. The Morgan fingerprint density at radius 2 is 1.53 bits per heavy atom. The average molecular weight is 252 g/mol. The van der Waals surface area contributed by atoms with Crippen molar-refractivity contribution >= 4 is 19.7 Å². The minimum atomic E-state index is -3.48. The van der Waals surface area contributed by atoms with Gasteiger partial charge in [0.1, 0.15) is 0 Å². The third-order valence-corrected chi connectivity index (χ3v) is 10.6. The standard InChI is InChI=1S/C9H16O4S2/c1-7-3-4-9(14(10,11)5-7)8(2)6-15(9,12)13/h7-8H,3-6H2,1-2H3. The van der Waals surface area contributed by atoms with E-state index >= 15 is 0 Å². The normalized spacial score (nSPS) is 47.3. The van der Waals surface area contributed by atoms with Crippen LogP contribution < -0.4 is 0 Å². The molecule has 0 aromatic rings. The van der Waals surface area contributed by atoms with Crippen molar-refractivity contribution in [2.24, 2.45) is 11.8 Å². The maximum Gasteiger partial charge on any atom is 0.176 e. The molecule has 0 N–H and O–H groups in total. The third-order valence-electron chi connectivity index (χ3n) is 3.76. The molecule has 15 heavy (non-hydrogen) atoms. The summed E-state index contributed by atoms with van der Waals surface area (Å²) >= 11 is 0. The molecule has 3 unspecified atom stereocenters. The molecule has 0 aliphatic carbocycles. The van der Waals surface area contributed by atoms with E-state index in [2.05, 4.69) is 0 Å². The lowest BCUT2D eigenvalue weighted by Crippen LogP contribution is -2.65. The first-order valence-electron chi connectivity index (χ1n) is 5.17. The topological polar surface area (TPSA) is 68.3 Å². The van der Waals surface area contributed by atoms with E-state index in [1.165, 1.54) is 0 Å². The first-order valence-corrected chi connectivity index (χ1v) is 8.48. The molecule has 0 saturated carbocycles. The summed E-state index contributed by atoms with van der Waals surface area (Å²) < 4.78 is 46.2. The molecule has 2 heterocycles. The Bertz CT molecular complexity index is 476. The molecule has 0 aromatic heterocycles. The minimum Gasteiger partial charge on any atom is -0.227 e. The van der Waals surface area contributed by atoms with Crippen LogP contribution in [-0.4, -0.2) is 32.4 Å². The summed E-state index contributed by atoms with van der Waals surface area (Å²) in [7, 11) is -6.89. The van der Waals surface area contributed by atoms with Crippen molar-refractivity contribution in [3.05, 3.63) is 0 Å². The Morgan fingerprint density at radius 3 is 1.93 bits per heavy atom. The third kappa shape index (κ3) is 1.24. The SMILES string of the molecule is CC1CCC2(C(C)CS2(=O)=O)S(=O)(=O)C1. The largest absolute Gasteiger partial charge is 0.227 e. The highest BCUT2D eigenvalue weighted by atomic mass is 32.3. The summed E-state index contributed by atoms with van der Waals surface area (Å²) in [6, 6.07) is 0. The second kappa shape index (κ2) is 2.97. The molecule has 4 nitrogen and oxygen atoms in total. The van der Waals surface area contributed by atoms with Gasteiger partial charge in [0.2, 0.25) is 0 Å². The summed E-state index contributed by atoms with van der Waals surface area (Å²) in [6.07, 6.45) is 0.989. The summed E-state index contributed by atoms with van der Waals surface area (Å²) in [6.45, 7) is 3.59. The molecule has 0 bridgehead atoms. The molecule has 0 radical (unpaired) electrons. The second-order valence-corrected chi connectivity index (χ2v) is 9.76. The van der Waals surface area contributed by atoms with Gasteiger partial charge in [-0.15, -0.1) is 0 Å². The molecule has 6 heteroatoms. The molecule has 2 fully saturated rings. The van der Waals surface area contributed by atoms with Crippen molar-refractivity contribution in [1.29, 1.82) is 0 Å². The van der Waals surface area contributed by atoms with Gasteiger partial charge in [0.15, 0.2) is 23.8 Å². The summed E-state index contributed by atoms with van der Waals surface area (Å²) in [4.78, 5) is 0. The highest BCUT2D eigenvalue weighted by Crippen LogP contribution is 2.51. The number of hydrogen-bond donors (Lipinski definition) is 0. The monoisotopic (exact) mass is 252 g/mol. The number of hydrogen-bond acceptors (Lipinski definition) is 4. The first-order chi connectivity index (χ1) is 6.73. The van der Waals surface area contributed by atoms with E-state index in [1.54, 1.807) is 6.92 Å². The fourth-order valence-electron chi connectivity index (χ4n) is 2.91. The molecular weight excluding hydrogens is 236 g/mol. The lowest BCUT2D eigenvalue weighted by molar-refractivity contribution is 0.359. The van der Waals surface area contributed by atoms with E-state index in [1.807, 2.05) is 6.92 Å². The van der Waals surface area contributed by atoms with Crippen LogP contribution in [0.1, 0.15) is 26.7 Å². The Kier molecular flexibility index (Phi) is 2.26. The lowest BCUT2D eigenvalue weighted by Gasteiger charge is -2.49. The van der Waals surface area contributed by atoms with Gasteiger partial charge in [-0.25, -0.2) is 16.8 Å². The van der Waals surface area contributed by atoms with Crippen molar-refractivity contribution in [2.45, 2.75) is 30.8 Å². The van der Waals surface area contributed by atoms with E-state index in [0.717, 1.165) is 0 Å². The second-order valence-electron chi connectivity index (χ2n) is 4.92. The fraction of sp³-hybridized carbons (Fsp3) is 1.00. The maximum absolute atomic E-state index is 12.0. The molecule has 88 valence electrons. The summed E-state index contributed by atoms with van der Waals surface area (Å²) in [5, 5.41) is 0. The minimum absolute atomic E-state index is 0.0244. The van der Waals surface area contributed by atoms with Crippen molar-refractivity contribution < 1.29 is 16.8 Å². The Labute approximate surface area is 90.9 Å². The molecule has 2 saturated heterocycles. The fourth-order valence-corrected chi connectivity index (χ4v) is 9.35.